The van der Waals surface area contributed by atoms with Crippen LogP contribution in [0.15, 0.2) is 97.1 Å². The minimum absolute atomic E-state index is 0.153. The van der Waals surface area contributed by atoms with E-state index in [1.807, 2.05) is 0 Å². The summed E-state index contributed by atoms with van der Waals surface area (Å²) >= 11 is 0. The van der Waals surface area contributed by atoms with Crippen molar-refractivity contribution in [3.8, 4) is 0 Å². The molecular formula is C29H31N. The van der Waals surface area contributed by atoms with Gasteiger partial charge in [0, 0.05) is 11.4 Å². The number of hydrogen-bond donors (Lipinski definition) is 0. The molecule has 0 bridgehead atoms. The zero-order valence-corrected chi connectivity index (χ0v) is 18.7. The summed E-state index contributed by atoms with van der Waals surface area (Å²) in [6.07, 6.45) is 0. The van der Waals surface area contributed by atoms with Crippen molar-refractivity contribution >= 4 is 22.1 Å². The van der Waals surface area contributed by atoms with E-state index in [0.29, 0.717) is 0 Å². The maximum absolute atomic E-state index is 2.45. The predicted molar refractivity (Wildman–Crippen MR) is 131 cm³/mol. The van der Waals surface area contributed by atoms with Gasteiger partial charge in [-0.3, -0.25) is 0 Å². The zero-order valence-electron chi connectivity index (χ0n) is 18.7. The first kappa shape index (κ1) is 20.2. The Hall–Kier alpha value is -3.06. The van der Waals surface area contributed by atoms with Crippen molar-refractivity contribution in [3.63, 3.8) is 0 Å². The van der Waals surface area contributed by atoms with Crippen LogP contribution in [0, 0.1) is 0 Å². The lowest BCUT2D eigenvalue weighted by Crippen LogP contribution is -2.38. The molecule has 0 saturated carbocycles. The highest BCUT2D eigenvalue weighted by Gasteiger charge is 2.31. The Kier molecular flexibility index (Phi) is 5.15. The van der Waals surface area contributed by atoms with E-state index in [1.165, 1.54) is 33.3 Å². The Bertz CT molecular complexity index is 1130. The molecule has 152 valence electrons. The molecule has 0 heterocycles. The van der Waals surface area contributed by atoms with E-state index in [4.69, 9.17) is 0 Å². The molecule has 0 saturated heterocycles. The second-order valence-electron chi connectivity index (χ2n) is 9.59. The van der Waals surface area contributed by atoms with Crippen LogP contribution in [0.25, 0.3) is 10.8 Å². The standard InChI is InChI=1S/C29H31N/c1-28(2,3)24-16-18-25(19-17-24)29(4,5)30(26-13-7-6-8-14-26)27-20-15-22-11-9-10-12-23(22)21-27/h6-21H,1-5H3. The highest BCUT2D eigenvalue weighted by atomic mass is 15.2. The lowest BCUT2D eigenvalue weighted by molar-refractivity contribution is 0.533. The summed E-state index contributed by atoms with van der Waals surface area (Å²) in [6.45, 7) is 11.4. The van der Waals surface area contributed by atoms with Crippen LogP contribution in [-0.2, 0) is 11.0 Å². The fourth-order valence-corrected chi connectivity index (χ4v) is 4.19. The molecule has 1 nitrogen and oxygen atoms in total. The first-order valence-electron chi connectivity index (χ1n) is 10.7. The van der Waals surface area contributed by atoms with Gasteiger partial charge in [0.2, 0.25) is 0 Å². The summed E-state index contributed by atoms with van der Waals surface area (Å²) in [5.74, 6) is 0. The van der Waals surface area contributed by atoms with Crippen molar-refractivity contribution in [2.24, 2.45) is 0 Å². The van der Waals surface area contributed by atoms with Gasteiger partial charge in [-0.05, 0) is 65.4 Å². The van der Waals surface area contributed by atoms with E-state index in [1.54, 1.807) is 0 Å². The first-order valence-corrected chi connectivity index (χ1v) is 10.7. The maximum atomic E-state index is 2.45. The monoisotopic (exact) mass is 393 g/mol. The molecule has 0 aliphatic carbocycles. The third kappa shape index (κ3) is 3.85. The van der Waals surface area contributed by atoms with E-state index < -0.39 is 0 Å². The van der Waals surface area contributed by atoms with Gasteiger partial charge in [0.05, 0.1) is 5.54 Å². The molecule has 0 aliphatic heterocycles. The molecule has 4 aromatic carbocycles. The third-order valence-corrected chi connectivity index (χ3v) is 6.02. The van der Waals surface area contributed by atoms with Gasteiger partial charge in [0.25, 0.3) is 0 Å². The number of fused-ring (bicyclic) bond motifs is 1. The second-order valence-corrected chi connectivity index (χ2v) is 9.59. The van der Waals surface area contributed by atoms with Crippen LogP contribution in [0.4, 0.5) is 11.4 Å². The first-order chi connectivity index (χ1) is 14.3. The number of anilines is 2. The molecule has 0 radical (unpaired) electrons. The fraction of sp³-hybridized carbons (Fsp3) is 0.241. The summed E-state index contributed by atoms with van der Waals surface area (Å²) in [7, 11) is 0. The Labute approximate surface area is 181 Å². The third-order valence-electron chi connectivity index (χ3n) is 6.02. The highest BCUT2D eigenvalue weighted by Crippen LogP contribution is 2.40. The van der Waals surface area contributed by atoms with Gasteiger partial charge >= 0.3 is 0 Å². The van der Waals surface area contributed by atoms with Crippen molar-refractivity contribution in [2.75, 3.05) is 4.90 Å². The van der Waals surface area contributed by atoms with Crippen molar-refractivity contribution in [1.82, 2.24) is 0 Å². The minimum atomic E-state index is -0.222. The van der Waals surface area contributed by atoms with E-state index in [0.717, 1.165) is 0 Å². The van der Waals surface area contributed by atoms with Crippen LogP contribution >= 0.6 is 0 Å². The van der Waals surface area contributed by atoms with Gasteiger partial charge < -0.3 is 4.90 Å². The molecule has 0 spiro atoms. The zero-order chi connectivity index (χ0) is 21.4. The molecule has 0 aliphatic rings. The topological polar surface area (TPSA) is 3.24 Å². The van der Waals surface area contributed by atoms with Gasteiger partial charge in [0.1, 0.15) is 0 Å². The van der Waals surface area contributed by atoms with Crippen LogP contribution in [0.3, 0.4) is 0 Å². The molecule has 4 rings (SSSR count). The van der Waals surface area contributed by atoms with Crippen molar-refractivity contribution in [1.29, 1.82) is 0 Å². The summed E-state index contributed by atoms with van der Waals surface area (Å²) in [6, 6.07) is 35.1. The molecule has 0 atom stereocenters. The smallest absolute Gasteiger partial charge is 0.0646 e. The summed E-state index contributed by atoms with van der Waals surface area (Å²) in [4.78, 5) is 2.45. The number of para-hydroxylation sites is 1. The summed E-state index contributed by atoms with van der Waals surface area (Å²) < 4.78 is 0. The quantitative estimate of drug-likeness (QED) is 0.337. The average Bonchev–Trinajstić information content (AvgIpc) is 2.74. The van der Waals surface area contributed by atoms with E-state index in [2.05, 4.69) is 137 Å². The molecule has 30 heavy (non-hydrogen) atoms. The molecule has 0 N–H and O–H groups in total. The van der Waals surface area contributed by atoms with Crippen LogP contribution in [0.1, 0.15) is 45.7 Å². The predicted octanol–water partition coefficient (Wildman–Crippen LogP) is 8.21. The SMILES string of the molecule is CC(C)(C)c1ccc(C(C)(C)N(c2ccccc2)c2ccc3ccccc3c2)cc1. The van der Waals surface area contributed by atoms with Crippen molar-refractivity contribution in [2.45, 2.75) is 45.6 Å². The van der Waals surface area contributed by atoms with Crippen LogP contribution in [0.5, 0.6) is 0 Å². The molecule has 4 aromatic rings. The number of nitrogens with zero attached hydrogens (tertiary/aromatic N) is 1. The Morgan fingerprint density at radius 3 is 1.70 bits per heavy atom. The van der Waals surface area contributed by atoms with Crippen LogP contribution in [-0.4, -0.2) is 0 Å². The van der Waals surface area contributed by atoms with Crippen molar-refractivity contribution < 1.29 is 0 Å². The second kappa shape index (κ2) is 7.65. The molecule has 0 fully saturated rings. The minimum Gasteiger partial charge on any atom is -0.332 e. The summed E-state index contributed by atoms with van der Waals surface area (Å²) in [5, 5.41) is 2.52. The van der Waals surface area contributed by atoms with E-state index >= 15 is 0 Å². The van der Waals surface area contributed by atoms with E-state index in [9.17, 15) is 0 Å². The van der Waals surface area contributed by atoms with Crippen molar-refractivity contribution in [3.05, 3.63) is 108 Å². The number of benzene rings is 4. The van der Waals surface area contributed by atoms with Crippen LogP contribution in [0.2, 0.25) is 0 Å². The van der Waals surface area contributed by atoms with Gasteiger partial charge in [-0.1, -0.05) is 93.6 Å². The Balaban J connectivity index is 1.84. The maximum Gasteiger partial charge on any atom is 0.0646 e. The Morgan fingerprint density at radius 2 is 1.07 bits per heavy atom. The van der Waals surface area contributed by atoms with Gasteiger partial charge in [-0.2, -0.15) is 0 Å². The Morgan fingerprint density at radius 1 is 0.500 bits per heavy atom. The molecule has 0 aromatic heterocycles. The number of hydrogen-bond acceptors (Lipinski definition) is 1. The molecule has 1 heteroatoms. The van der Waals surface area contributed by atoms with Crippen LogP contribution < -0.4 is 4.90 Å². The number of rotatable bonds is 4. The van der Waals surface area contributed by atoms with E-state index in [-0.39, 0.29) is 11.0 Å². The normalized spacial score (nSPS) is 12.2. The van der Waals surface area contributed by atoms with Gasteiger partial charge in [0.15, 0.2) is 0 Å². The van der Waals surface area contributed by atoms with Gasteiger partial charge in [-0.25, -0.2) is 0 Å². The lowest BCUT2D eigenvalue weighted by Gasteiger charge is -2.41. The highest BCUT2D eigenvalue weighted by molar-refractivity contribution is 5.87. The lowest BCUT2D eigenvalue weighted by atomic mass is 9.84. The molecule has 0 amide bonds. The largest absolute Gasteiger partial charge is 0.332 e. The summed E-state index contributed by atoms with van der Waals surface area (Å²) in [5.41, 5.74) is 4.98. The molecule has 0 unspecified atom stereocenters. The fourth-order valence-electron chi connectivity index (χ4n) is 4.19. The average molecular weight is 394 g/mol. The molecular weight excluding hydrogens is 362 g/mol. The van der Waals surface area contributed by atoms with Gasteiger partial charge in [-0.15, -0.1) is 0 Å².